The molecule has 6 heteroatoms. The van der Waals surface area contributed by atoms with E-state index in [1.165, 1.54) is 27.2 Å². The molecule has 0 saturated carbocycles. The number of methoxy groups -OCH3 is 1. The molecule has 3 amide bonds. The van der Waals surface area contributed by atoms with E-state index in [0.29, 0.717) is 6.42 Å². The quantitative estimate of drug-likeness (QED) is 0.678. The average Bonchev–Trinajstić information content (AvgIpc) is 3.02. The summed E-state index contributed by atoms with van der Waals surface area (Å²) in [6.45, 7) is 9.23. The average molecular weight is 450 g/mol. The number of aryl methyl sites for hydroxylation is 3. The molecule has 1 atom stereocenters. The lowest BCUT2D eigenvalue weighted by molar-refractivity contribution is -0.133. The van der Waals surface area contributed by atoms with Crippen molar-refractivity contribution in [1.29, 1.82) is 0 Å². The van der Waals surface area contributed by atoms with E-state index < -0.39 is 5.54 Å². The van der Waals surface area contributed by atoms with Gasteiger partial charge in [0.15, 0.2) is 0 Å². The molecule has 0 bridgehead atoms. The Hall–Kier alpha value is -2.86. The smallest absolute Gasteiger partial charge is 0.324 e. The van der Waals surface area contributed by atoms with Crippen LogP contribution in [0.2, 0.25) is 0 Å². The number of carbonyl (C=O) groups is 2. The number of imide groups is 1. The molecule has 0 unspecified atom stereocenters. The van der Waals surface area contributed by atoms with E-state index >= 15 is 0 Å². The molecule has 2 aromatic carbocycles. The van der Waals surface area contributed by atoms with Crippen LogP contribution in [0.1, 0.15) is 40.7 Å². The van der Waals surface area contributed by atoms with Gasteiger partial charge in [-0.2, -0.15) is 0 Å². The molecule has 2 aromatic rings. The minimum Gasteiger partial charge on any atom is -0.497 e. The third-order valence-electron chi connectivity index (χ3n) is 7.57. The van der Waals surface area contributed by atoms with Crippen LogP contribution in [-0.4, -0.2) is 54.5 Å². The SMILES string of the molecule is COc1cccc(C[C@@]2(C3CCN(Cc4cc(C)c(C)cc4C)CC3)NC(=O)N(C)C2=O)c1. The monoisotopic (exact) mass is 449 g/mol. The normalized spacial score (nSPS) is 22.0. The minimum absolute atomic E-state index is 0.0854. The molecule has 2 aliphatic rings. The molecule has 176 valence electrons. The van der Waals surface area contributed by atoms with Gasteiger partial charge in [0.1, 0.15) is 11.3 Å². The van der Waals surface area contributed by atoms with E-state index in [9.17, 15) is 9.59 Å². The summed E-state index contributed by atoms with van der Waals surface area (Å²) in [7, 11) is 3.21. The number of amides is 3. The lowest BCUT2D eigenvalue weighted by Gasteiger charge is -2.41. The molecule has 0 radical (unpaired) electrons. The van der Waals surface area contributed by atoms with Crippen LogP contribution in [0.25, 0.3) is 0 Å². The van der Waals surface area contributed by atoms with Crippen molar-refractivity contribution in [3.8, 4) is 5.75 Å². The van der Waals surface area contributed by atoms with Crippen LogP contribution in [0.5, 0.6) is 5.75 Å². The van der Waals surface area contributed by atoms with Gasteiger partial charge < -0.3 is 10.1 Å². The zero-order chi connectivity index (χ0) is 23.8. The summed E-state index contributed by atoms with van der Waals surface area (Å²) in [5, 5.41) is 3.09. The number of urea groups is 1. The predicted octanol–water partition coefficient (Wildman–Crippen LogP) is 4.00. The van der Waals surface area contributed by atoms with Gasteiger partial charge >= 0.3 is 6.03 Å². The fraction of sp³-hybridized carbons (Fsp3) is 0.481. The summed E-state index contributed by atoms with van der Waals surface area (Å²) in [6.07, 6.45) is 2.21. The van der Waals surface area contributed by atoms with Gasteiger partial charge in [0.2, 0.25) is 0 Å². The van der Waals surface area contributed by atoms with Crippen LogP contribution in [0.3, 0.4) is 0 Å². The molecular weight excluding hydrogens is 414 g/mol. The maximum absolute atomic E-state index is 13.4. The maximum atomic E-state index is 13.4. The lowest BCUT2D eigenvalue weighted by Crippen LogP contribution is -2.57. The number of nitrogens with zero attached hydrogens (tertiary/aromatic N) is 2. The Morgan fingerprint density at radius 1 is 1.03 bits per heavy atom. The van der Waals surface area contributed by atoms with Gasteiger partial charge in [-0.3, -0.25) is 14.6 Å². The Bertz CT molecular complexity index is 1060. The van der Waals surface area contributed by atoms with Gasteiger partial charge in [-0.05, 0) is 92.6 Å². The van der Waals surface area contributed by atoms with Crippen molar-refractivity contribution in [3.05, 3.63) is 64.2 Å². The van der Waals surface area contributed by atoms with Crippen molar-refractivity contribution in [1.82, 2.24) is 15.1 Å². The van der Waals surface area contributed by atoms with E-state index in [0.717, 1.165) is 43.8 Å². The molecule has 2 heterocycles. The fourth-order valence-corrected chi connectivity index (χ4v) is 5.38. The largest absolute Gasteiger partial charge is 0.497 e. The van der Waals surface area contributed by atoms with Gasteiger partial charge in [0, 0.05) is 20.0 Å². The summed E-state index contributed by atoms with van der Waals surface area (Å²) in [5.74, 6) is 0.715. The van der Waals surface area contributed by atoms with Gasteiger partial charge in [0.25, 0.3) is 5.91 Å². The second kappa shape index (κ2) is 9.18. The van der Waals surface area contributed by atoms with Crippen LogP contribution in [0.4, 0.5) is 4.79 Å². The molecule has 0 spiro atoms. The number of likely N-dealkylation sites (tertiary alicyclic amines) is 1. The number of ether oxygens (including phenoxy) is 1. The Morgan fingerprint density at radius 2 is 1.73 bits per heavy atom. The number of hydrogen-bond donors (Lipinski definition) is 1. The van der Waals surface area contributed by atoms with E-state index in [2.05, 4.69) is 43.1 Å². The second-order valence-corrected chi connectivity index (χ2v) is 9.71. The molecule has 33 heavy (non-hydrogen) atoms. The Labute approximate surface area is 196 Å². The number of likely N-dealkylation sites (N-methyl/N-ethyl adjacent to an activating group) is 1. The molecule has 6 nitrogen and oxygen atoms in total. The zero-order valence-corrected chi connectivity index (χ0v) is 20.4. The highest BCUT2D eigenvalue weighted by Crippen LogP contribution is 2.37. The van der Waals surface area contributed by atoms with Crippen molar-refractivity contribution >= 4 is 11.9 Å². The molecule has 2 aliphatic heterocycles. The molecule has 1 N–H and O–H groups in total. The molecule has 0 aliphatic carbocycles. The van der Waals surface area contributed by atoms with Gasteiger partial charge in [-0.1, -0.05) is 24.3 Å². The highest BCUT2D eigenvalue weighted by molar-refractivity contribution is 6.07. The van der Waals surface area contributed by atoms with Crippen molar-refractivity contribution in [2.75, 3.05) is 27.2 Å². The first-order chi connectivity index (χ1) is 15.7. The Balaban J connectivity index is 1.52. The molecule has 0 aromatic heterocycles. The number of rotatable bonds is 6. The van der Waals surface area contributed by atoms with E-state index in [1.54, 1.807) is 14.2 Å². The number of piperidine rings is 1. The third kappa shape index (κ3) is 4.49. The van der Waals surface area contributed by atoms with Gasteiger partial charge in [-0.25, -0.2) is 4.79 Å². The highest BCUT2D eigenvalue weighted by atomic mass is 16.5. The number of nitrogens with one attached hydrogen (secondary N) is 1. The molecule has 2 fully saturated rings. The summed E-state index contributed by atoms with van der Waals surface area (Å²) in [6, 6.07) is 12.0. The molecule has 4 rings (SSSR count). The highest BCUT2D eigenvalue weighted by Gasteiger charge is 2.54. The summed E-state index contributed by atoms with van der Waals surface area (Å²) in [5.41, 5.74) is 5.44. The third-order valence-corrected chi connectivity index (χ3v) is 7.57. The van der Waals surface area contributed by atoms with Crippen LogP contribution >= 0.6 is 0 Å². The number of hydrogen-bond acceptors (Lipinski definition) is 4. The summed E-state index contributed by atoms with van der Waals surface area (Å²) in [4.78, 5) is 29.6. The Morgan fingerprint density at radius 3 is 2.36 bits per heavy atom. The molecule has 2 saturated heterocycles. The topological polar surface area (TPSA) is 61.9 Å². The van der Waals surface area contributed by atoms with Crippen LogP contribution in [0, 0.1) is 26.7 Å². The summed E-state index contributed by atoms with van der Waals surface area (Å²) < 4.78 is 5.37. The first-order valence-corrected chi connectivity index (χ1v) is 11.8. The zero-order valence-electron chi connectivity index (χ0n) is 20.4. The fourth-order valence-electron chi connectivity index (χ4n) is 5.38. The van der Waals surface area contributed by atoms with Crippen LogP contribution in [0.15, 0.2) is 36.4 Å². The first kappa shape index (κ1) is 23.3. The van der Waals surface area contributed by atoms with Crippen LogP contribution < -0.4 is 10.1 Å². The van der Waals surface area contributed by atoms with Crippen molar-refractivity contribution < 1.29 is 14.3 Å². The van der Waals surface area contributed by atoms with E-state index in [1.807, 2.05) is 24.3 Å². The van der Waals surface area contributed by atoms with Crippen LogP contribution in [-0.2, 0) is 17.8 Å². The minimum atomic E-state index is -0.902. The van der Waals surface area contributed by atoms with Gasteiger partial charge in [0.05, 0.1) is 7.11 Å². The maximum Gasteiger partial charge on any atom is 0.324 e. The van der Waals surface area contributed by atoms with Crippen molar-refractivity contribution in [2.24, 2.45) is 5.92 Å². The molecular formula is C27H35N3O3. The number of carbonyl (C=O) groups excluding carboxylic acids is 2. The van der Waals surface area contributed by atoms with Crippen molar-refractivity contribution in [2.45, 2.75) is 52.1 Å². The summed E-state index contributed by atoms with van der Waals surface area (Å²) >= 11 is 0. The van der Waals surface area contributed by atoms with E-state index in [-0.39, 0.29) is 17.9 Å². The number of benzene rings is 2. The lowest BCUT2D eigenvalue weighted by atomic mass is 9.74. The predicted molar refractivity (Wildman–Crippen MR) is 129 cm³/mol. The Kier molecular flexibility index (Phi) is 6.48. The standard InChI is InChI=1S/C27H35N3O3/c1-18-13-20(3)22(14-19(18)2)17-30-11-9-23(10-12-30)27(25(31)29(4)26(32)28-27)16-21-7-6-8-24(15-21)33-5/h6-8,13-15,23H,9-12,16-17H2,1-5H3,(H,28,32)/t27-/m0/s1. The first-order valence-electron chi connectivity index (χ1n) is 11.8. The van der Waals surface area contributed by atoms with Gasteiger partial charge in [-0.15, -0.1) is 0 Å². The van der Waals surface area contributed by atoms with E-state index in [4.69, 9.17) is 4.74 Å². The second-order valence-electron chi connectivity index (χ2n) is 9.71. The van der Waals surface area contributed by atoms with Crippen molar-refractivity contribution in [3.63, 3.8) is 0 Å².